The predicted molar refractivity (Wildman–Crippen MR) is 85.3 cm³/mol. The number of hydrogen-bond acceptors (Lipinski definition) is 2. The van der Waals surface area contributed by atoms with Gasteiger partial charge in [-0.2, -0.15) is 0 Å². The fraction of sp³-hybridized carbons (Fsp3) is 0.824. The average Bonchev–Trinajstić information content (AvgIpc) is 2.77. The van der Waals surface area contributed by atoms with Crippen molar-refractivity contribution in [2.45, 2.75) is 84.7 Å². The lowest BCUT2D eigenvalue weighted by Crippen LogP contribution is -2.38. The Morgan fingerprint density at radius 3 is 2.60 bits per heavy atom. The van der Waals surface area contributed by atoms with Crippen LogP contribution >= 0.6 is 0 Å². The Kier molecular flexibility index (Phi) is 5.64. The Labute approximate surface area is 124 Å². The predicted octanol–water partition coefficient (Wildman–Crippen LogP) is 3.80. The summed E-state index contributed by atoms with van der Waals surface area (Å²) >= 11 is 0. The van der Waals surface area contributed by atoms with Crippen LogP contribution < -0.4 is 5.32 Å². The third-order valence-electron chi connectivity index (χ3n) is 4.63. The minimum Gasteiger partial charge on any atom is -0.327 e. The van der Waals surface area contributed by atoms with Gasteiger partial charge in [-0.05, 0) is 52.0 Å². The molecule has 0 spiro atoms. The van der Waals surface area contributed by atoms with E-state index in [1.165, 1.54) is 62.2 Å². The second kappa shape index (κ2) is 7.26. The first kappa shape index (κ1) is 15.6. The number of rotatable bonds is 7. The number of imidazole rings is 1. The van der Waals surface area contributed by atoms with Crippen LogP contribution in [0.2, 0.25) is 0 Å². The molecule has 0 saturated heterocycles. The summed E-state index contributed by atoms with van der Waals surface area (Å²) in [4.78, 5) is 4.86. The molecule has 3 heteroatoms. The summed E-state index contributed by atoms with van der Waals surface area (Å²) < 4.78 is 2.57. The first-order valence-electron chi connectivity index (χ1n) is 8.52. The van der Waals surface area contributed by atoms with Crippen LogP contribution in [0.15, 0.2) is 0 Å². The summed E-state index contributed by atoms with van der Waals surface area (Å²) in [5.41, 5.74) is 2.90. The Morgan fingerprint density at radius 1 is 1.20 bits per heavy atom. The number of hydrogen-bond donors (Lipinski definition) is 1. The van der Waals surface area contributed by atoms with Crippen LogP contribution in [0.3, 0.4) is 0 Å². The molecule has 0 fully saturated rings. The third-order valence-corrected chi connectivity index (χ3v) is 4.63. The van der Waals surface area contributed by atoms with E-state index in [1.54, 1.807) is 0 Å². The van der Waals surface area contributed by atoms with Crippen molar-refractivity contribution < 1.29 is 0 Å². The number of aryl methyl sites for hydroxylation is 2. The van der Waals surface area contributed by atoms with Crippen LogP contribution in [-0.2, 0) is 12.8 Å². The molecule has 1 aromatic heterocycles. The zero-order valence-corrected chi connectivity index (χ0v) is 13.7. The van der Waals surface area contributed by atoms with Crippen molar-refractivity contribution in [1.29, 1.82) is 0 Å². The lowest BCUT2D eigenvalue weighted by Gasteiger charge is -2.31. The lowest BCUT2D eigenvalue weighted by molar-refractivity contribution is 0.314. The fourth-order valence-corrected chi connectivity index (χ4v) is 3.79. The lowest BCUT2D eigenvalue weighted by atomic mass is 9.97. The normalized spacial score (nSPS) is 17.8. The minimum absolute atomic E-state index is 0.559. The monoisotopic (exact) mass is 277 g/mol. The van der Waals surface area contributed by atoms with E-state index in [-0.39, 0.29) is 0 Å². The van der Waals surface area contributed by atoms with Crippen LogP contribution in [0, 0.1) is 6.92 Å². The van der Waals surface area contributed by atoms with Gasteiger partial charge in [-0.15, -0.1) is 0 Å². The molecular weight excluding hydrogens is 246 g/mol. The Balaban J connectivity index is 2.32. The number of nitrogens with one attached hydrogen (secondary N) is 1. The van der Waals surface area contributed by atoms with Gasteiger partial charge in [0.1, 0.15) is 5.82 Å². The SMILES string of the molecule is CCCC(NCC)C(CC)n1c(C)nc2c1CCCC2. The molecule has 1 aliphatic carbocycles. The molecule has 1 heterocycles. The Hall–Kier alpha value is -0.830. The molecule has 0 amide bonds. The molecule has 3 nitrogen and oxygen atoms in total. The molecule has 2 unspecified atom stereocenters. The van der Waals surface area contributed by atoms with E-state index in [4.69, 9.17) is 4.98 Å². The summed E-state index contributed by atoms with van der Waals surface area (Å²) in [6.45, 7) is 10.1. The van der Waals surface area contributed by atoms with Crippen LogP contribution in [0.1, 0.15) is 76.1 Å². The first-order valence-corrected chi connectivity index (χ1v) is 8.52. The molecule has 20 heavy (non-hydrogen) atoms. The average molecular weight is 277 g/mol. The van der Waals surface area contributed by atoms with Crippen LogP contribution in [-0.4, -0.2) is 22.1 Å². The molecule has 0 radical (unpaired) electrons. The summed E-state index contributed by atoms with van der Waals surface area (Å²) in [5, 5.41) is 3.71. The second-order valence-corrected chi connectivity index (χ2v) is 6.06. The number of likely N-dealkylation sites (N-methyl/N-ethyl adjacent to an activating group) is 1. The van der Waals surface area contributed by atoms with Gasteiger partial charge in [0.05, 0.1) is 11.7 Å². The largest absolute Gasteiger partial charge is 0.327 e. The van der Waals surface area contributed by atoms with E-state index in [0.29, 0.717) is 12.1 Å². The highest BCUT2D eigenvalue weighted by Gasteiger charge is 2.27. The zero-order valence-electron chi connectivity index (χ0n) is 13.7. The highest BCUT2D eigenvalue weighted by molar-refractivity contribution is 5.21. The highest BCUT2D eigenvalue weighted by Crippen LogP contribution is 2.29. The Morgan fingerprint density at radius 2 is 1.95 bits per heavy atom. The maximum Gasteiger partial charge on any atom is 0.106 e. The molecular formula is C17H31N3. The van der Waals surface area contributed by atoms with Gasteiger partial charge in [-0.1, -0.05) is 27.2 Å². The topological polar surface area (TPSA) is 29.9 Å². The van der Waals surface area contributed by atoms with E-state index in [0.717, 1.165) is 6.54 Å². The van der Waals surface area contributed by atoms with Gasteiger partial charge < -0.3 is 9.88 Å². The number of aromatic nitrogens is 2. The smallest absolute Gasteiger partial charge is 0.106 e. The summed E-state index contributed by atoms with van der Waals surface area (Å²) in [6.07, 6.45) is 8.71. The first-order chi connectivity index (χ1) is 9.72. The molecule has 2 rings (SSSR count). The Bertz CT molecular complexity index is 416. The van der Waals surface area contributed by atoms with E-state index < -0.39 is 0 Å². The molecule has 0 aromatic carbocycles. The zero-order chi connectivity index (χ0) is 14.5. The molecule has 1 N–H and O–H groups in total. The van der Waals surface area contributed by atoms with Crippen LogP contribution in [0.5, 0.6) is 0 Å². The molecule has 1 aliphatic rings. The van der Waals surface area contributed by atoms with E-state index >= 15 is 0 Å². The summed E-state index contributed by atoms with van der Waals surface area (Å²) in [5.74, 6) is 1.22. The molecule has 114 valence electrons. The fourth-order valence-electron chi connectivity index (χ4n) is 3.79. The number of fused-ring (bicyclic) bond motifs is 1. The van der Waals surface area contributed by atoms with Crippen molar-refractivity contribution in [2.75, 3.05) is 6.54 Å². The molecule has 0 aliphatic heterocycles. The van der Waals surface area contributed by atoms with Gasteiger partial charge in [0.15, 0.2) is 0 Å². The third kappa shape index (κ3) is 3.08. The highest BCUT2D eigenvalue weighted by atomic mass is 15.1. The van der Waals surface area contributed by atoms with Crippen molar-refractivity contribution in [3.05, 3.63) is 17.2 Å². The van der Waals surface area contributed by atoms with Gasteiger partial charge >= 0.3 is 0 Å². The van der Waals surface area contributed by atoms with Crippen molar-refractivity contribution in [3.63, 3.8) is 0 Å². The molecule has 2 atom stereocenters. The minimum atomic E-state index is 0.559. The maximum absolute atomic E-state index is 4.86. The van der Waals surface area contributed by atoms with Crippen molar-refractivity contribution in [3.8, 4) is 0 Å². The molecule has 0 bridgehead atoms. The van der Waals surface area contributed by atoms with Crippen LogP contribution in [0.25, 0.3) is 0 Å². The van der Waals surface area contributed by atoms with Gasteiger partial charge in [-0.25, -0.2) is 4.98 Å². The van der Waals surface area contributed by atoms with Gasteiger partial charge in [0, 0.05) is 11.7 Å². The van der Waals surface area contributed by atoms with E-state index in [2.05, 4.69) is 37.6 Å². The van der Waals surface area contributed by atoms with Crippen molar-refractivity contribution in [2.24, 2.45) is 0 Å². The van der Waals surface area contributed by atoms with Gasteiger partial charge in [0.2, 0.25) is 0 Å². The second-order valence-electron chi connectivity index (χ2n) is 6.06. The van der Waals surface area contributed by atoms with E-state index in [1.807, 2.05) is 0 Å². The summed E-state index contributed by atoms with van der Waals surface area (Å²) in [7, 11) is 0. The van der Waals surface area contributed by atoms with Crippen molar-refractivity contribution in [1.82, 2.24) is 14.9 Å². The van der Waals surface area contributed by atoms with E-state index in [9.17, 15) is 0 Å². The maximum atomic E-state index is 4.86. The number of nitrogens with zero attached hydrogens (tertiary/aromatic N) is 2. The summed E-state index contributed by atoms with van der Waals surface area (Å²) in [6, 6.07) is 1.14. The molecule has 1 aromatic rings. The van der Waals surface area contributed by atoms with Crippen LogP contribution in [0.4, 0.5) is 0 Å². The van der Waals surface area contributed by atoms with Gasteiger partial charge in [0.25, 0.3) is 0 Å². The standard InChI is InChI=1S/C17H31N3/c1-5-10-14(18-7-3)16(6-2)20-13(4)19-15-11-8-9-12-17(15)20/h14,16,18H,5-12H2,1-4H3. The van der Waals surface area contributed by atoms with Gasteiger partial charge in [-0.3, -0.25) is 0 Å². The molecule has 0 saturated carbocycles. The quantitative estimate of drug-likeness (QED) is 0.821. The van der Waals surface area contributed by atoms with Crippen molar-refractivity contribution >= 4 is 0 Å².